The Balaban J connectivity index is 2.15. The van der Waals surface area contributed by atoms with Crippen molar-refractivity contribution in [3.05, 3.63) is 64.4 Å². The Morgan fingerprint density at radius 1 is 1.12 bits per heavy atom. The predicted octanol–water partition coefficient (Wildman–Crippen LogP) is 3.35. The first-order valence-corrected chi connectivity index (χ1v) is 9.21. The molecule has 0 saturated carbocycles. The molecule has 1 aliphatic heterocycles. The largest absolute Gasteiger partial charge is 0.457 e. The average molecular weight is 367 g/mol. The number of carbonyl (C=O) groups is 1. The van der Waals surface area contributed by atoms with Crippen LogP contribution in [0.15, 0.2) is 47.4 Å². The topological polar surface area (TPSA) is 60.4 Å². The van der Waals surface area contributed by atoms with Gasteiger partial charge in [-0.3, -0.25) is 0 Å². The van der Waals surface area contributed by atoms with Crippen molar-refractivity contribution in [2.75, 3.05) is 12.9 Å². The molecule has 0 fully saturated rings. The molecule has 2 aromatic carbocycles. The quantitative estimate of drug-likeness (QED) is 0.781. The molecule has 24 heavy (non-hydrogen) atoms. The monoisotopic (exact) mass is 366 g/mol. The lowest BCUT2D eigenvalue weighted by atomic mass is 9.96. The summed E-state index contributed by atoms with van der Waals surface area (Å²) in [5.74, 6) is -1.34. The molecule has 0 bridgehead atoms. The van der Waals surface area contributed by atoms with E-state index in [2.05, 4.69) is 0 Å². The van der Waals surface area contributed by atoms with E-state index in [0.717, 1.165) is 6.26 Å². The van der Waals surface area contributed by atoms with E-state index in [1.165, 1.54) is 24.3 Å². The number of benzene rings is 2. The van der Waals surface area contributed by atoms with E-state index in [1.807, 2.05) is 0 Å². The molecule has 0 aromatic heterocycles. The summed E-state index contributed by atoms with van der Waals surface area (Å²) in [6, 6.07) is 10.4. The van der Waals surface area contributed by atoms with Crippen molar-refractivity contribution in [1.29, 1.82) is 0 Å². The highest BCUT2D eigenvalue weighted by Gasteiger charge is 2.29. The van der Waals surface area contributed by atoms with Gasteiger partial charge in [-0.2, -0.15) is 0 Å². The van der Waals surface area contributed by atoms with Gasteiger partial charge in [0, 0.05) is 17.4 Å². The van der Waals surface area contributed by atoms with E-state index < -0.39 is 21.6 Å². The van der Waals surface area contributed by atoms with Gasteiger partial charge in [0.05, 0.1) is 15.5 Å². The van der Waals surface area contributed by atoms with Crippen molar-refractivity contribution < 1.29 is 22.3 Å². The maximum Gasteiger partial charge on any atom is 0.339 e. The molecule has 0 aliphatic carbocycles. The van der Waals surface area contributed by atoms with Crippen molar-refractivity contribution >= 4 is 38.6 Å². The fraction of sp³-hybridized carbons (Fsp3) is 0.118. The normalized spacial score (nSPS) is 14.9. The molecule has 0 N–H and O–H groups in total. The Morgan fingerprint density at radius 3 is 2.42 bits per heavy atom. The Morgan fingerprint density at radius 2 is 1.79 bits per heavy atom. The van der Waals surface area contributed by atoms with Crippen LogP contribution < -0.4 is 0 Å². The maximum absolute atomic E-state index is 14.3. The molecule has 0 atom stereocenters. The van der Waals surface area contributed by atoms with E-state index in [-0.39, 0.29) is 27.7 Å². The van der Waals surface area contributed by atoms with E-state index in [4.69, 9.17) is 16.3 Å². The van der Waals surface area contributed by atoms with Gasteiger partial charge in [0.1, 0.15) is 12.4 Å². The molecule has 2 aromatic rings. The van der Waals surface area contributed by atoms with Gasteiger partial charge >= 0.3 is 5.97 Å². The van der Waals surface area contributed by atoms with Crippen LogP contribution in [-0.4, -0.2) is 27.2 Å². The standard InChI is InChI=1S/C17H12ClFO4S/c1-24(21,22)11-7-5-10(6-8-11)13-9-23-17(20)15(13)12-3-2-4-14(18)16(12)19/h2-8H,9H2,1H3. The van der Waals surface area contributed by atoms with Crippen LogP contribution in [0, 0.1) is 5.82 Å². The summed E-state index contributed by atoms with van der Waals surface area (Å²) in [6.07, 6.45) is 1.11. The highest BCUT2D eigenvalue weighted by Crippen LogP contribution is 2.35. The number of sulfone groups is 1. The molecule has 0 saturated heterocycles. The summed E-state index contributed by atoms with van der Waals surface area (Å²) in [6.45, 7) is -0.0155. The summed E-state index contributed by atoms with van der Waals surface area (Å²) >= 11 is 5.79. The van der Waals surface area contributed by atoms with Crippen LogP contribution in [0.1, 0.15) is 11.1 Å². The van der Waals surface area contributed by atoms with E-state index in [9.17, 15) is 17.6 Å². The third kappa shape index (κ3) is 2.95. The van der Waals surface area contributed by atoms with Gasteiger partial charge in [-0.15, -0.1) is 0 Å². The zero-order chi connectivity index (χ0) is 17.5. The van der Waals surface area contributed by atoms with Gasteiger partial charge in [-0.1, -0.05) is 35.9 Å². The van der Waals surface area contributed by atoms with Crippen molar-refractivity contribution in [2.24, 2.45) is 0 Å². The fourth-order valence-electron chi connectivity index (χ4n) is 2.51. The minimum Gasteiger partial charge on any atom is -0.457 e. The second-order valence-electron chi connectivity index (χ2n) is 5.33. The number of halogens is 2. The SMILES string of the molecule is CS(=O)(=O)c1ccc(C2=C(c3cccc(Cl)c3F)C(=O)OC2)cc1. The first-order chi connectivity index (χ1) is 11.3. The predicted molar refractivity (Wildman–Crippen MR) is 88.7 cm³/mol. The molecular formula is C17H12ClFO4S. The fourth-order valence-corrected chi connectivity index (χ4v) is 3.31. The molecular weight excluding hydrogens is 355 g/mol. The summed E-state index contributed by atoms with van der Waals surface area (Å²) in [5.41, 5.74) is 1.23. The van der Waals surface area contributed by atoms with Gasteiger partial charge < -0.3 is 4.74 Å². The number of hydrogen-bond donors (Lipinski definition) is 0. The Kier molecular flexibility index (Phi) is 4.19. The smallest absolute Gasteiger partial charge is 0.339 e. The number of ether oxygens (including phenoxy) is 1. The first-order valence-electron chi connectivity index (χ1n) is 6.94. The van der Waals surface area contributed by atoms with Crippen molar-refractivity contribution in [3.8, 4) is 0 Å². The van der Waals surface area contributed by atoms with Crippen LogP contribution in [0.25, 0.3) is 11.1 Å². The van der Waals surface area contributed by atoms with Gasteiger partial charge in [-0.05, 0) is 23.8 Å². The van der Waals surface area contributed by atoms with Crippen molar-refractivity contribution in [1.82, 2.24) is 0 Å². The molecule has 7 heteroatoms. The molecule has 3 rings (SSSR count). The van der Waals surface area contributed by atoms with Crippen LogP contribution in [0.3, 0.4) is 0 Å². The molecule has 4 nitrogen and oxygen atoms in total. The zero-order valence-electron chi connectivity index (χ0n) is 12.5. The second-order valence-corrected chi connectivity index (χ2v) is 7.75. The number of cyclic esters (lactones) is 1. The Bertz CT molecular complexity index is 963. The maximum atomic E-state index is 14.3. The molecule has 0 unspecified atom stereocenters. The van der Waals surface area contributed by atoms with Gasteiger partial charge in [0.2, 0.25) is 0 Å². The lowest BCUT2D eigenvalue weighted by molar-refractivity contribution is -0.133. The minimum atomic E-state index is -3.32. The third-order valence-electron chi connectivity index (χ3n) is 3.71. The lowest BCUT2D eigenvalue weighted by Gasteiger charge is -2.07. The lowest BCUT2D eigenvalue weighted by Crippen LogP contribution is -2.01. The van der Waals surface area contributed by atoms with Crippen LogP contribution in [0.5, 0.6) is 0 Å². The number of hydrogen-bond acceptors (Lipinski definition) is 4. The number of carbonyl (C=O) groups excluding carboxylic acids is 1. The highest BCUT2D eigenvalue weighted by molar-refractivity contribution is 7.90. The second kappa shape index (κ2) is 6.03. The van der Waals surface area contributed by atoms with E-state index >= 15 is 0 Å². The average Bonchev–Trinajstić information content (AvgIpc) is 2.91. The molecule has 124 valence electrons. The molecule has 1 heterocycles. The van der Waals surface area contributed by atoms with Gasteiger partial charge in [-0.25, -0.2) is 17.6 Å². The summed E-state index contributed by atoms with van der Waals surface area (Å²) in [4.78, 5) is 12.2. The van der Waals surface area contributed by atoms with Crippen LogP contribution in [0.4, 0.5) is 4.39 Å². The van der Waals surface area contributed by atoms with Gasteiger partial charge in [0.25, 0.3) is 0 Å². The van der Waals surface area contributed by atoms with E-state index in [0.29, 0.717) is 11.1 Å². The van der Waals surface area contributed by atoms with Crippen LogP contribution in [0.2, 0.25) is 5.02 Å². The Labute approximate surface area is 143 Å². The summed E-state index contributed by atoms with van der Waals surface area (Å²) in [5, 5.41) is -0.0912. The first kappa shape index (κ1) is 16.7. The van der Waals surface area contributed by atoms with Crippen molar-refractivity contribution in [3.63, 3.8) is 0 Å². The molecule has 1 aliphatic rings. The van der Waals surface area contributed by atoms with Crippen LogP contribution in [-0.2, 0) is 19.4 Å². The third-order valence-corrected chi connectivity index (χ3v) is 5.13. The summed E-state index contributed by atoms with van der Waals surface area (Å²) in [7, 11) is -3.32. The molecule has 0 radical (unpaired) electrons. The number of rotatable bonds is 3. The van der Waals surface area contributed by atoms with Gasteiger partial charge in [0.15, 0.2) is 9.84 Å². The molecule has 0 amide bonds. The van der Waals surface area contributed by atoms with Crippen molar-refractivity contribution in [2.45, 2.75) is 4.90 Å². The summed E-state index contributed by atoms with van der Waals surface area (Å²) < 4.78 is 42.4. The Hall–Kier alpha value is -2.18. The molecule has 0 spiro atoms. The number of esters is 1. The minimum absolute atomic E-state index is 0.0155. The zero-order valence-corrected chi connectivity index (χ0v) is 14.1. The van der Waals surface area contributed by atoms with Crippen LogP contribution >= 0.6 is 11.6 Å². The van der Waals surface area contributed by atoms with E-state index in [1.54, 1.807) is 18.2 Å². The highest BCUT2D eigenvalue weighted by atomic mass is 35.5.